The number of piperazine rings is 1. The highest BCUT2D eigenvalue weighted by Crippen LogP contribution is 2.39. The maximum absolute atomic E-state index is 15.9. The van der Waals surface area contributed by atoms with Crippen LogP contribution >= 0.6 is 69.6 Å². The van der Waals surface area contributed by atoms with Crippen molar-refractivity contribution in [3.05, 3.63) is 24.3 Å². The SMILES string of the molecule is C[C@]1(F)CN(c2ccc(N3CC(CNC(=O)C(F)(F)F)OC3=O)cc2)CCN1C(NC(=O)C(Cl)(Cl)Cl)C(Cl)(Cl)Cl. The molecule has 2 saturated heterocycles. The molecule has 9 nitrogen and oxygen atoms in total. The van der Waals surface area contributed by atoms with Gasteiger partial charge in [-0.3, -0.25) is 14.5 Å². The van der Waals surface area contributed by atoms with Gasteiger partial charge in [-0.05, 0) is 31.2 Å². The first kappa shape index (κ1) is 33.2. The van der Waals surface area contributed by atoms with Gasteiger partial charge in [-0.25, -0.2) is 14.1 Å². The molecule has 3 rings (SSSR count). The van der Waals surface area contributed by atoms with Gasteiger partial charge in [0.15, 0.2) is 5.79 Å². The lowest BCUT2D eigenvalue weighted by atomic mass is 10.1. The van der Waals surface area contributed by atoms with Gasteiger partial charge in [-0.1, -0.05) is 69.6 Å². The zero-order valence-electron chi connectivity index (χ0n) is 20.3. The molecule has 2 aliphatic heterocycles. The van der Waals surface area contributed by atoms with Crippen molar-refractivity contribution in [3.63, 3.8) is 0 Å². The van der Waals surface area contributed by atoms with Crippen molar-refractivity contribution in [3.8, 4) is 0 Å². The Kier molecular flexibility index (Phi) is 10.0. The zero-order valence-corrected chi connectivity index (χ0v) is 24.8. The lowest BCUT2D eigenvalue weighted by Gasteiger charge is -2.49. The summed E-state index contributed by atoms with van der Waals surface area (Å²) >= 11 is 34.8. The number of nitrogens with zero attached hydrogens (tertiary/aromatic N) is 3. The van der Waals surface area contributed by atoms with Crippen LogP contribution in [0.2, 0.25) is 0 Å². The normalized spacial score (nSPS) is 23.6. The van der Waals surface area contributed by atoms with Crippen LogP contribution in [0.1, 0.15) is 6.92 Å². The fourth-order valence-electron chi connectivity index (χ4n) is 4.13. The van der Waals surface area contributed by atoms with Crippen LogP contribution in [0.4, 0.5) is 33.7 Å². The summed E-state index contributed by atoms with van der Waals surface area (Å²) in [6.45, 7) is 0.547. The maximum Gasteiger partial charge on any atom is 0.471 e. The van der Waals surface area contributed by atoms with Crippen molar-refractivity contribution in [1.29, 1.82) is 0 Å². The topological polar surface area (TPSA) is 94.2 Å². The molecule has 2 aliphatic rings. The van der Waals surface area contributed by atoms with E-state index in [1.165, 1.54) is 11.8 Å². The van der Waals surface area contributed by atoms with E-state index >= 15 is 4.39 Å². The first-order chi connectivity index (χ1) is 18.2. The molecule has 2 N–H and O–H groups in total. The van der Waals surface area contributed by atoms with E-state index in [1.54, 1.807) is 34.5 Å². The van der Waals surface area contributed by atoms with Crippen LogP contribution in [-0.4, -0.2) is 87.4 Å². The number of ether oxygens (including phenoxy) is 1. The van der Waals surface area contributed by atoms with E-state index < -0.39 is 56.3 Å². The summed E-state index contributed by atoms with van der Waals surface area (Å²) in [5.74, 6) is -5.41. The Bertz CT molecular complexity index is 1120. The Hall–Kier alpha value is -1.35. The molecule has 0 spiro atoms. The predicted molar refractivity (Wildman–Crippen MR) is 144 cm³/mol. The van der Waals surface area contributed by atoms with Crippen LogP contribution in [0.25, 0.3) is 0 Å². The van der Waals surface area contributed by atoms with Gasteiger partial charge in [0.05, 0.1) is 19.6 Å². The summed E-state index contributed by atoms with van der Waals surface area (Å²) < 4.78 is 53.5. The molecule has 224 valence electrons. The summed E-state index contributed by atoms with van der Waals surface area (Å²) in [6, 6.07) is 6.29. The number of carbonyl (C=O) groups excluding carboxylic acids is 3. The summed E-state index contributed by atoms with van der Waals surface area (Å²) in [7, 11) is 0. The number of nitrogens with one attached hydrogen (secondary N) is 2. The summed E-state index contributed by atoms with van der Waals surface area (Å²) in [5, 5.41) is 3.93. The highest BCUT2D eigenvalue weighted by molar-refractivity contribution is 6.76. The number of halogens is 10. The van der Waals surface area contributed by atoms with Crippen LogP contribution in [0.3, 0.4) is 0 Å². The van der Waals surface area contributed by atoms with Crippen LogP contribution in [-0.2, 0) is 14.3 Å². The fraction of sp³-hybridized carbons (Fsp3) is 0.571. The third-order valence-electron chi connectivity index (χ3n) is 5.98. The number of benzene rings is 1. The number of cyclic esters (lactones) is 1. The van der Waals surface area contributed by atoms with Gasteiger partial charge in [0.1, 0.15) is 12.3 Å². The zero-order chi connectivity index (χ0) is 30.3. The molecule has 0 aliphatic carbocycles. The number of anilines is 2. The molecule has 1 aromatic rings. The molecular weight excluding hydrogens is 675 g/mol. The number of rotatable bonds is 6. The Morgan fingerprint density at radius 3 is 2.12 bits per heavy atom. The van der Waals surface area contributed by atoms with Crippen molar-refractivity contribution >= 4 is 98.9 Å². The number of hydrogen-bond donors (Lipinski definition) is 2. The molecule has 2 heterocycles. The second-order valence-electron chi connectivity index (χ2n) is 9.01. The fourth-order valence-corrected chi connectivity index (χ4v) is 4.81. The summed E-state index contributed by atoms with van der Waals surface area (Å²) in [5.41, 5.74) is 0.926. The maximum atomic E-state index is 15.9. The third-order valence-corrected chi connectivity index (χ3v) is 7.12. The van der Waals surface area contributed by atoms with E-state index in [4.69, 9.17) is 74.3 Å². The van der Waals surface area contributed by atoms with Gasteiger partial charge < -0.3 is 20.3 Å². The van der Waals surface area contributed by atoms with Gasteiger partial charge in [-0.15, -0.1) is 0 Å². The van der Waals surface area contributed by atoms with Gasteiger partial charge in [0, 0.05) is 24.5 Å². The molecule has 0 bridgehead atoms. The van der Waals surface area contributed by atoms with E-state index in [9.17, 15) is 27.6 Å². The van der Waals surface area contributed by atoms with Crippen molar-refractivity contribution in [2.45, 2.75) is 38.7 Å². The number of hydrogen-bond acceptors (Lipinski definition) is 6. The van der Waals surface area contributed by atoms with E-state index in [0.29, 0.717) is 11.4 Å². The predicted octanol–water partition coefficient (Wildman–Crippen LogP) is 4.68. The monoisotopic (exact) mass is 693 g/mol. The molecule has 19 heteroatoms. The molecule has 0 saturated carbocycles. The van der Waals surface area contributed by atoms with E-state index in [-0.39, 0.29) is 26.2 Å². The first-order valence-corrected chi connectivity index (χ1v) is 13.5. The standard InChI is InChI=1S/C21H21Cl6F4N5O4/c1-18(28)10-34(6-7-36(18)14(19(22,23)24)33-15(37)20(25,26)27)11-2-4-12(5-3-11)35-9-13(40-17(35)39)8-32-16(38)21(29,30)31/h2-5,13-14H,6-10H2,1H3,(H,32,38)(H,33,37)/t13?,14?,18-/m1/s1. The van der Waals surface area contributed by atoms with Crippen LogP contribution < -0.4 is 20.4 Å². The molecule has 1 aromatic carbocycles. The minimum atomic E-state index is -5.06. The average Bonchev–Trinajstić information content (AvgIpc) is 3.19. The highest BCUT2D eigenvalue weighted by atomic mass is 35.6. The van der Waals surface area contributed by atoms with Crippen molar-refractivity contribution < 1.29 is 36.7 Å². The Morgan fingerprint density at radius 2 is 1.62 bits per heavy atom. The highest BCUT2D eigenvalue weighted by Gasteiger charge is 2.50. The summed E-state index contributed by atoms with van der Waals surface area (Å²) in [6.07, 6.45) is -8.35. The average molecular weight is 696 g/mol. The quantitative estimate of drug-likeness (QED) is 0.255. The Balaban J connectivity index is 1.66. The van der Waals surface area contributed by atoms with Crippen LogP contribution in [0.15, 0.2) is 24.3 Å². The van der Waals surface area contributed by atoms with Crippen molar-refractivity contribution in [2.75, 3.05) is 42.5 Å². The van der Waals surface area contributed by atoms with Crippen molar-refractivity contribution in [1.82, 2.24) is 15.5 Å². The van der Waals surface area contributed by atoms with Gasteiger partial charge in [0.2, 0.25) is 3.79 Å². The molecule has 2 unspecified atom stereocenters. The molecular formula is C21H21Cl6F4N5O4. The molecule has 3 atom stereocenters. The minimum Gasteiger partial charge on any atom is -0.442 e. The molecule has 0 aromatic heterocycles. The van der Waals surface area contributed by atoms with Gasteiger partial charge in [0.25, 0.3) is 9.70 Å². The molecule has 3 amide bonds. The second kappa shape index (κ2) is 12.1. The number of amides is 3. The Morgan fingerprint density at radius 1 is 1.05 bits per heavy atom. The van der Waals surface area contributed by atoms with E-state index in [0.717, 1.165) is 4.90 Å². The van der Waals surface area contributed by atoms with E-state index in [1.807, 2.05) is 0 Å². The minimum absolute atomic E-state index is 0.0305. The van der Waals surface area contributed by atoms with Crippen LogP contribution in [0, 0.1) is 0 Å². The van der Waals surface area contributed by atoms with Gasteiger partial charge >= 0.3 is 18.2 Å². The largest absolute Gasteiger partial charge is 0.471 e. The molecule has 0 radical (unpaired) electrons. The van der Waals surface area contributed by atoms with E-state index in [2.05, 4.69) is 5.32 Å². The van der Waals surface area contributed by atoms with Crippen molar-refractivity contribution in [2.24, 2.45) is 0 Å². The lowest BCUT2D eigenvalue weighted by molar-refractivity contribution is -0.173. The first-order valence-electron chi connectivity index (χ1n) is 11.3. The smallest absolute Gasteiger partial charge is 0.442 e. The number of carbonyl (C=O) groups is 3. The molecule has 2 fully saturated rings. The number of alkyl halides is 10. The Labute approximate surface area is 255 Å². The summed E-state index contributed by atoms with van der Waals surface area (Å²) in [4.78, 5) is 39.4. The van der Waals surface area contributed by atoms with Gasteiger partial charge in [-0.2, -0.15) is 13.2 Å². The molecule has 40 heavy (non-hydrogen) atoms. The lowest BCUT2D eigenvalue weighted by Crippen LogP contribution is -2.68. The van der Waals surface area contributed by atoms with Crippen LogP contribution in [0.5, 0.6) is 0 Å². The second-order valence-corrected chi connectivity index (χ2v) is 13.7. The third kappa shape index (κ3) is 8.14.